The van der Waals surface area contributed by atoms with Gasteiger partial charge in [0.15, 0.2) is 11.6 Å². The summed E-state index contributed by atoms with van der Waals surface area (Å²) in [5, 5.41) is 10.3. The Balaban J connectivity index is 1.55. The minimum Gasteiger partial charge on any atom is -0.387 e. The topological polar surface area (TPSA) is 39.6 Å². The van der Waals surface area contributed by atoms with Crippen LogP contribution in [0.5, 0.6) is 0 Å². The number of aromatic nitrogens is 1. The Labute approximate surface area is 129 Å². The first-order chi connectivity index (χ1) is 10.7. The Kier molecular flexibility index (Phi) is 4.65. The summed E-state index contributed by atoms with van der Waals surface area (Å²) >= 11 is 0. The fourth-order valence-electron chi connectivity index (χ4n) is 2.78. The Morgan fingerprint density at radius 2 is 1.77 bits per heavy atom. The summed E-state index contributed by atoms with van der Waals surface area (Å²) in [7, 11) is 0. The molecule has 1 aromatic heterocycles. The number of benzene rings is 1. The first-order valence-electron chi connectivity index (χ1n) is 7.55. The van der Waals surface area contributed by atoms with Gasteiger partial charge in [-0.3, -0.25) is 4.90 Å². The van der Waals surface area contributed by atoms with Crippen LogP contribution in [0.2, 0.25) is 0 Å². The summed E-state index contributed by atoms with van der Waals surface area (Å²) in [6.07, 6.45) is 1.13. The number of anilines is 1. The normalized spacial score (nSPS) is 17.5. The molecule has 3 rings (SSSR count). The molecule has 0 amide bonds. The molecule has 0 radical (unpaired) electrons. The summed E-state index contributed by atoms with van der Waals surface area (Å²) in [5.74, 6) is 0.144. The average molecular weight is 301 g/mol. The molecular formula is C17H20FN3O. The van der Waals surface area contributed by atoms with Gasteiger partial charge in [0, 0.05) is 38.9 Å². The van der Waals surface area contributed by atoms with Crippen molar-refractivity contribution < 1.29 is 9.50 Å². The molecule has 5 heteroatoms. The summed E-state index contributed by atoms with van der Waals surface area (Å²) in [5.41, 5.74) is 0.931. The smallest absolute Gasteiger partial charge is 0.165 e. The van der Waals surface area contributed by atoms with Crippen molar-refractivity contribution in [3.8, 4) is 0 Å². The van der Waals surface area contributed by atoms with Crippen LogP contribution in [-0.4, -0.2) is 47.7 Å². The Bertz CT molecular complexity index is 600. The summed E-state index contributed by atoms with van der Waals surface area (Å²) in [6.45, 7) is 3.62. The predicted octanol–water partition coefficient (Wildman–Crippen LogP) is 2.08. The molecule has 1 aromatic carbocycles. The summed E-state index contributed by atoms with van der Waals surface area (Å²) in [6, 6.07) is 12.7. The lowest BCUT2D eigenvalue weighted by molar-refractivity contribution is 0.109. The molecule has 2 heterocycles. The van der Waals surface area contributed by atoms with E-state index in [1.165, 1.54) is 6.07 Å². The van der Waals surface area contributed by atoms with Crippen LogP contribution < -0.4 is 4.90 Å². The van der Waals surface area contributed by atoms with E-state index in [1.807, 2.05) is 35.2 Å². The number of hydrogen-bond acceptors (Lipinski definition) is 4. The third kappa shape index (κ3) is 3.43. The monoisotopic (exact) mass is 301 g/mol. The number of rotatable bonds is 4. The molecule has 1 atom stereocenters. The van der Waals surface area contributed by atoms with E-state index >= 15 is 0 Å². The molecule has 4 nitrogen and oxygen atoms in total. The van der Waals surface area contributed by atoms with Gasteiger partial charge in [0.25, 0.3) is 0 Å². The predicted molar refractivity (Wildman–Crippen MR) is 84.2 cm³/mol. The minimum atomic E-state index is -0.487. The molecule has 1 saturated heterocycles. The van der Waals surface area contributed by atoms with Gasteiger partial charge in [-0.2, -0.15) is 0 Å². The molecule has 2 aromatic rings. The number of pyridine rings is 1. The van der Waals surface area contributed by atoms with Gasteiger partial charge in [-0.25, -0.2) is 9.37 Å². The zero-order chi connectivity index (χ0) is 15.4. The highest BCUT2D eigenvalue weighted by Gasteiger charge is 2.22. The molecule has 1 N–H and O–H groups in total. The average Bonchev–Trinajstić information content (AvgIpc) is 2.57. The van der Waals surface area contributed by atoms with Gasteiger partial charge in [-0.1, -0.05) is 30.3 Å². The molecule has 0 spiro atoms. The van der Waals surface area contributed by atoms with Crippen molar-refractivity contribution in [1.29, 1.82) is 0 Å². The highest BCUT2D eigenvalue weighted by molar-refractivity contribution is 5.40. The second-order valence-corrected chi connectivity index (χ2v) is 5.52. The standard InChI is InChI=1S/C17H20FN3O/c18-15-7-4-8-19-17(15)21-11-9-20(10-12-21)13-16(22)14-5-2-1-3-6-14/h1-8,16,22H,9-13H2/t16-/m1/s1. The minimum absolute atomic E-state index is 0.278. The lowest BCUT2D eigenvalue weighted by Gasteiger charge is -2.36. The number of nitrogens with zero attached hydrogens (tertiary/aromatic N) is 3. The Morgan fingerprint density at radius 3 is 2.45 bits per heavy atom. The van der Waals surface area contributed by atoms with Crippen LogP contribution in [-0.2, 0) is 0 Å². The van der Waals surface area contributed by atoms with Crippen LogP contribution in [0.25, 0.3) is 0 Å². The van der Waals surface area contributed by atoms with Gasteiger partial charge in [0.05, 0.1) is 6.10 Å². The van der Waals surface area contributed by atoms with Crippen LogP contribution in [0, 0.1) is 5.82 Å². The van der Waals surface area contributed by atoms with Crippen LogP contribution in [0.1, 0.15) is 11.7 Å². The van der Waals surface area contributed by atoms with Crippen LogP contribution in [0.15, 0.2) is 48.7 Å². The molecule has 0 aliphatic carbocycles. The van der Waals surface area contributed by atoms with Crippen molar-refractivity contribution in [3.63, 3.8) is 0 Å². The molecule has 22 heavy (non-hydrogen) atoms. The zero-order valence-corrected chi connectivity index (χ0v) is 12.4. The molecule has 0 bridgehead atoms. The maximum absolute atomic E-state index is 13.7. The van der Waals surface area contributed by atoms with Crippen molar-refractivity contribution >= 4 is 5.82 Å². The van der Waals surface area contributed by atoms with Crippen LogP contribution in [0.3, 0.4) is 0 Å². The van der Waals surface area contributed by atoms with Crippen LogP contribution in [0.4, 0.5) is 10.2 Å². The molecule has 116 valence electrons. The van der Waals surface area contributed by atoms with Gasteiger partial charge in [-0.15, -0.1) is 0 Å². The Hall–Kier alpha value is -1.98. The first-order valence-corrected chi connectivity index (χ1v) is 7.55. The number of halogens is 1. The van der Waals surface area contributed by atoms with E-state index in [-0.39, 0.29) is 5.82 Å². The molecule has 0 unspecified atom stereocenters. The van der Waals surface area contributed by atoms with Crippen molar-refractivity contribution in [3.05, 3.63) is 60.0 Å². The third-order valence-electron chi connectivity index (χ3n) is 4.03. The number of aliphatic hydroxyl groups excluding tert-OH is 1. The lowest BCUT2D eigenvalue weighted by Crippen LogP contribution is -2.48. The SMILES string of the molecule is O[C@H](CN1CCN(c2ncccc2F)CC1)c1ccccc1. The number of aliphatic hydroxyl groups is 1. The summed E-state index contributed by atoms with van der Waals surface area (Å²) in [4.78, 5) is 8.28. The van der Waals surface area contributed by atoms with Gasteiger partial charge >= 0.3 is 0 Å². The van der Waals surface area contributed by atoms with E-state index in [4.69, 9.17) is 0 Å². The van der Waals surface area contributed by atoms with Crippen molar-refractivity contribution in [2.75, 3.05) is 37.6 Å². The van der Waals surface area contributed by atoms with Gasteiger partial charge in [0.2, 0.25) is 0 Å². The quantitative estimate of drug-likeness (QED) is 0.938. The highest BCUT2D eigenvalue weighted by atomic mass is 19.1. The number of piperazine rings is 1. The molecule has 1 aliphatic rings. The Morgan fingerprint density at radius 1 is 1.05 bits per heavy atom. The number of β-amino-alcohol motifs (C(OH)–C–C–N with tert-alkyl or cyclic N) is 1. The zero-order valence-electron chi connectivity index (χ0n) is 12.4. The molecule has 1 fully saturated rings. The van der Waals surface area contributed by atoms with Gasteiger partial charge in [0.1, 0.15) is 0 Å². The largest absolute Gasteiger partial charge is 0.387 e. The second-order valence-electron chi connectivity index (χ2n) is 5.52. The third-order valence-corrected chi connectivity index (χ3v) is 4.03. The van der Waals surface area contributed by atoms with E-state index in [9.17, 15) is 9.50 Å². The van der Waals surface area contributed by atoms with Crippen molar-refractivity contribution in [2.45, 2.75) is 6.10 Å². The summed E-state index contributed by atoms with van der Waals surface area (Å²) < 4.78 is 13.7. The molecule has 0 saturated carbocycles. The van der Waals surface area contributed by atoms with E-state index in [2.05, 4.69) is 9.88 Å². The van der Waals surface area contributed by atoms with E-state index in [0.29, 0.717) is 12.4 Å². The number of hydrogen-bond donors (Lipinski definition) is 1. The van der Waals surface area contributed by atoms with Gasteiger partial charge in [-0.05, 0) is 17.7 Å². The first kappa shape index (κ1) is 14.9. The van der Waals surface area contributed by atoms with Gasteiger partial charge < -0.3 is 10.0 Å². The van der Waals surface area contributed by atoms with E-state index in [0.717, 1.165) is 31.7 Å². The van der Waals surface area contributed by atoms with Crippen molar-refractivity contribution in [2.24, 2.45) is 0 Å². The van der Waals surface area contributed by atoms with E-state index in [1.54, 1.807) is 12.3 Å². The molecular weight excluding hydrogens is 281 g/mol. The maximum atomic E-state index is 13.7. The fourth-order valence-corrected chi connectivity index (χ4v) is 2.78. The molecule has 1 aliphatic heterocycles. The maximum Gasteiger partial charge on any atom is 0.165 e. The second kappa shape index (κ2) is 6.85. The highest BCUT2D eigenvalue weighted by Crippen LogP contribution is 2.19. The lowest BCUT2D eigenvalue weighted by atomic mass is 10.1. The van der Waals surface area contributed by atoms with Crippen LogP contribution >= 0.6 is 0 Å². The fraction of sp³-hybridized carbons (Fsp3) is 0.353. The van der Waals surface area contributed by atoms with Crippen molar-refractivity contribution in [1.82, 2.24) is 9.88 Å². The van der Waals surface area contributed by atoms with E-state index < -0.39 is 6.10 Å².